The fourth-order valence-electron chi connectivity index (χ4n) is 1.26. The van der Waals surface area contributed by atoms with Crippen molar-refractivity contribution in [3.8, 4) is 18.0 Å². The number of hydrogen-bond donors (Lipinski definition) is 0. The summed E-state index contributed by atoms with van der Waals surface area (Å²) in [5, 5.41) is 21.3. The highest BCUT2D eigenvalue weighted by Crippen LogP contribution is 2.08. The van der Waals surface area contributed by atoms with Crippen LogP contribution in [0.3, 0.4) is 0 Å². The van der Waals surface area contributed by atoms with Crippen LogP contribution in [0.25, 0.3) is 5.82 Å². The molecule has 2 aromatic heterocycles. The Labute approximate surface area is 91.4 Å². The minimum atomic E-state index is 0.0711. The van der Waals surface area contributed by atoms with Crippen molar-refractivity contribution in [3.05, 3.63) is 35.5 Å². The fraction of sp³-hybridized carbons (Fsp3) is 0.100. The molecule has 0 N–H and O–H groups in total. The van der Waals surface area contributed by atoms with Gasteiger partial charge in [-0.25, -0.2) is 14.6 Å². The Morgan fingerprint density at radius 2 is 2.06 bits per heavy atom. The monoisotopic (exact) mass is 210 g/mol. The van der Waals surface area contributed by atoms with Crippen LogP contribution in [0.15, 0.2) is 18.5 Å². The Kier molecular flexibility index (Phi) is 2.33. The first-order valence-corrected chi connectivity index (χ1v) is 4.44. The molecule has 0 aliphatic heterocycles. The van der Waals surface area contributed by atoms with E-state index in [0.29, 0.717) is 17.1 Å². The zero-order chi connectivity index (χ0) is 11.5. The first kappa shape index (κ1) is 9.81. The molecule has 0 aliphatic rings. The van der Waals surface area contributed by atoms with Crippen LogP contribution in [0, 0.1) is 29.6 Å². The van der Waals surface area contributed by atoms with Crippen molar-refractivity contribution >= 4 is 0 Å². The number of aromatic nitrogens is 4. The molecule has 0 spiro atoms. The minimum absolute atomic E-state index is 0.0711. The second kappa shape index (κ2) is 3.79. The van der Waals surface area contributed by atoms with E-state index in [2.05, 4.69) is 15.1 Å². The molecule has 0 radical (unpaired) electrons. The van der Waals surface area contributed by atoms with Gasteiger partial charge in [0.15, 0.2) is 5.82 Å². The summed E-state index contributed by atoms with van der Waals surface area (Å²) in [5.41, 5.74) is 1.21. The maximum atomic E-state index is 8.81. The van der Waals surface area contributed by atoms with Gasteiger partial charge in [0.1, 0.15) is 12.4 Å². The van der Waals surface area contributed by atoms with Crippen LogP contribution in [0.4, 0.5) is 0 Å². The quantitative estimate of drug-likeness (QED) is 0.691. The van der Waals surface area contributed by atoms with Crippen LogP contribution in [0.2, 0.25) is 0 Å². The Bertz CT molecular complexity index is 613. The predicted octanol–water partition coefficient (Wildman–Crippen LogP) is 0.714. The highest BCUT2D eigenvalue weighted by molar-refractivity contribution is 5.37. The molecule has 0 amide bonds. The molecule has 0 aliphatic carbocycles. The van der Waals surface area contributed by atoms with E-state index in [0.717, 1.165) is 0 Å². The molecule has 0 atom stereocenters. The summed E-state index contributed by atoms with van der Waals surface area (Å²) in [5.74, 6) is 0.548. The van der Waals surface area contributed by atoms with E-state index in [-0.39, 0.29) is 5.82 Å². The molecule has 0 fully saturated rings. The minimum Gasteiger partial charge on any atom is -0.234 e. The molecule has 6 heteroatoms. The zero-order valence-corrected chi connectivity index (χ0v) is 8.42. The lowest BCUT2D eigenvalue weighted by Crippen LogP contribution is -2.00. The van der Waals surface area contributed by atoms with Gasteiger partial charge in [0.05, 0.1) is 11.6 Å². The van der Waals surface area contributed by atoms with Crippen molar-refractivity contribution in [2.45, 2.75) is 6.92 Å². The molecule has 16 heavy (non-hydrogen) atoms. The lowest BCUT2D eigenvalue weighted by Gasteiger charge is -2.00. The molecule has 2 rings (SSSR count). The molecule has 0 aromatic carbocycles. The largest absolute Gasteiger partial charge is 0.252 e. The van der Waals surface area contributed by atoms with E-state index in [9.17, 15) is 0 Å². The Hall–Kier alpha value is -2.73. The summed E-state index contributed by atoms with van der Waals surface area (Å²) in [6.45, 7) is 1.78. The first-order chi connectivity index (χ1) is 7.72. The highest BCUT2D eigenvalue weighted by Gasteiger charge is 2.05. The molecule has 0 saturated carbocycles. The maximum absolute atomic E-state index is 8.81. The summed E-state index contributed by atoms with van der Waals surface area (Å²) in [7, 11) is 0. The van der Waals surface area contributed by atoms with E-state index in [1.165, 1.54) is 11.0 Å². The van der Waals surface area contributed by atoms with Gasteiger partial charge in [0.25, 0.3) is 5.82 Å². The smallest absolute Gasteiger partial charge is 0.234 e. The number of nitrogens with zero attached hydrogens (tertiary/aromatic N) is 6. The predicted molar refractivity (Wildman–Crippen MR) is 53.3 cm³/mol. The summed E-state index contributed by atoms with van der Waals surface area (Å²) in [6, 6.07) is 7.12. The van der Waals surface area contributed by atoms with E-state index in [4.69, 9.17) is 10.5 Å². The molecule has 0 saturated heterocycles. The fourth-order valence-corrected chi connectivity index (χ4v) is 1.26. The molecule has 6 nitrogen and oxygen atoms in total. The molecular weight excluding hydrogens is 204 g/mol. The number of hydrogen-bond acceptors (Lipinski definition) is 5. The second-order valence-corrected chi connectivity index (χ2v) is 3.09. The van der Waals surface area contributed by atoms with Crippen molar-refractivity contribution in [3.63, 3.8) is 0 Å². The summed E-state index contributed by atoms with van der Waals surface area (Å²) in [6.07, 6.45) is 1.39. The van der Waals surface area contributed by atoms with Crippen molar-refractivity contribution in [2.24, 2.45) is 0 Å². The highest BCUT2D eigenvalue weighted by atomic mass is 15.4. The Morgan fingerprint density at radius 1 is 1.25 bits per heavy atom. The normalized spacial score (nSPS) is 9.44. The molecule has 2 heterocycles. The Balaban J connectivity index is 2.52. The van der Waals surface area contributed by atoms with Gasteiger partial charge in [0.2, 0.25) is 0 Å². The number of aryl methyl sites for hydroxylation is 1. The van der Waals surface area contributed by atoms with Crippen molar-refractivity contribution in [2.75, 3.05) is 0 Å². The molecular formula is C10H6N6. The second-order valence-electron chi connectivity index (χ2n) is 3.09. The SMILES string of the molecule is Cc1cc(C#N)cc(-n2cnc(C#N)n2)n1. The lowest BCUT2D eigenvalue weighted by molar-refractivity contribution is 0.833. The standard InChI is InChI=1S/C10H6N6/c1-7-2-8(4-11)3-10(14-7)16-6-13-9(5-12)15-16/h2-3,6H,1H3. The van der Waals surface area contributed by atoms with Gasteiger partial charge in [-0.15, -0.1) is 5.10 Å². The van der Waals surface area contributed by atoms with E-state index in [1.54, 1.807) is 19.1 Å². The Morgan fingerprint density at radius 3 is 2.69 bits per heavy atom. The number of rotatable bonds is 1. The first-order valence-electron chi connectivity index (χ1n) is 4.44. The summed E-state index contributed by atoms with van der Waals surface area (Å²) < 4.78 is 1.37. The van der Waals surface area contributed by atoms with Crippen LogP contribution in [-0.4, -0.2) is 19.7 Å². The zero-order valence-electron chi connectivity index (χ0n) is 8.42. The van der Waals surface area contributed by atoms with Crippen molar-refractivity contribution in [1.82, 2.24) is 19.7 Å². The topological polar surface area (TPSA) is 91.2 Å². The van der Waals surface area contributed by atoms with Crippen LogP contribution in [0.1, 0.15) is 17.1 Å². The van der Waals surface area contributed by atoms with Crippen molar-refractivity contribution in [1.29, 1.82) is 10.5 Å². The van der Waals surface area contributed by atoms with Crippen LogP contribution in [-0.2, 0) is 0 Å². The van der Waals surface area contributed by atoms with Crippen LogP contribution in [0.5, 0.6) is 0 Å². The maximum Gasteiger partial charge on any atom is 0.252 e. The number of nitriles is 2. The van der Waals surface area contributed by atoms with Gasteiger partial charge in [0, 0.05) is 11.8 Å². The average molecular weight is 210 g/mol. The summed E-state index contributed by atoms with van der Waals surface area (Å²) in [4.78, 5) is 7.96. The number of pyridine rings is 1. The van der Waals surface area contributed by atoms with Gasteiger partial charge < -0.3 is 0 Å². The third kappa shape index (κ3) is 1.72. The third-order valence-corrected chi connectivity index (χ3v) is 1.90. The van der Waals surface area contributed by atoms with Crippen LogP contribution >= 0.6 is 0 Å². The van der Waals surface area contributed by atoms with Gasteiger partial charge in [-0.3, -0.25) is 0 Å². The molecule has 2 aromatic rings. The van der Waals surface area contributed by atoms with Gasteiger partial charge in [-0.1, -0.05) is 0 Å². The van der Waals surface area contributed by atoms with Gasteiger partial charge >= 0.3 is 0 Å². The summed E-state index contributed by atoms with van der Waals surface area (Å²) >= 11 is 0. The molecule has 0 unspecified atom stereocenters. The van der Waals surface area contributed by atoms with E-state index >= 15 is 0 Å². The molecule has 0 bridgehead atoms. The van der Waals surface area contributed by atoms with E-state index in [1.807, 2.05) is 12.1 Å². The lowest BCUT2D eigenvalue weighted by atomic mass is 10.2. The van der Waals surface area contributed by atoms with Gasteiger partial charge in [-0.05, 0) is 13.0 Å². The van der Waals surface area contributed by atoms with E-state index < -0.39 is 0 Å². The average Bonchev–Trinajstić information content (AvgIpc) is 2.76. The third-order valence-electron chi connectivity index (χ3n) is 1.90. The molecule has 76 valence electrons. The van der Waals surface area contributed by atoms with Crippen LogP contribution < -0.4 is 0 Å². The van der Waals surface area contributed by atoms with Crippen molar-refractivity contribution < 1.29 is 0 Å². The van der Waals surface area contributed by atoms with Gasteiger partial charge in [-0.2, -0.15) is 10.5 Å².